The van der Waals surface area contributed by atoms with E-state index in [4.69, 9.17) is 0 Å². The van der Waals surface area contributed by atoms with E-state index in [2.05, 4.69) is 31.9 Å². The number of rotatable bonds is 0. The summed E-state index contributed by atoms with van der Waals surface area (Å²) >= 11 is 6.58. The van der Waals surface area contributed by atoms with Crippen molar-refractivity contribution < 1.29 is 20.1 Å². The fourth-order valence-electron chi connectivity index (χ4n) is 3.58. The van der Waals surface area contributed by atoms with Crippen molar-refractivity contribution in [3.8, 4) is 0 Å². The topological polar surface area (TPSA) is 77.8 Å². The summed E-state index contributed by atoms with van der Waals surface area (Å²) in [6.07, 6.45) is -1.38. The molecule has 112 valence electrons. The maximum atomic E-state index is 12.8. The van der Waals surface area contributed by atoms with Crippen LogP contribution in [0.4, 0.5) is 0 Å². The molecule has 0 spiro atoms. The quantitative estimate of drug-likeness (QED) is 0.606. The van der Waals surface area contributed by atoms with Crippen molar-refractivity contribution in [2.75, 3.05) is 0 Å². The second kappa shape index (κ2) is 4.27. The number of ketones is 1. The minimum Gasteiger partial charge on any atom is -0.385 e. The van der Waals surface area contributed by atoms with E-state index in [1.165, 1.54) is 0 Å². The lowest BCUT2D eigenvalue weighted by Gasteiger charge is -2.33. The van der Waals surface area contributed by atoms with Crippen LogP contribution in [0.5, 0.6) is 0 Å². The van der Waals surface area contributed by atoms with Gasteiger partial charge in [0.05, 0.1) is 0 Å². The average molecular weight is 426 g/mol. The molecule has 4 rings (SSSR count). The highest BCUT2D eigenvalue weighted by Crippen LogP contribution is 2.62. The Morgan fingerprint density at radius 3 is 2.32 bits per heavy atom. The van der Waals surface area contributed by atoms with Gasteiger partial charge in [0, 0.05) is 25.6 Å². The zero-order valence-electron chi connectivity index (χ0n) is 11.0. The van der Waals surface area contributed by atoms with Gasteiger partial charge in [0.2, 0.25) is 5.78 Å². The first-order valence-electron chi connectivity index (χ1n) is 6.59. The van der Waals surface area contributed by atoms with Crippen molar-refractivity contribution in [2.24, 2.45) is 0 Å². The van der Waals surface area contributed by atoms with Crippen LogP contribution in [0.1, 0.15) is 33.2 Å². The number of aliphatic hydroxyl groups is 3. The third-order valence-electron chi connectivity index (χ3n) is 4.61. The Bertz CT molecular complexity index is 850. The van der Waals surface area contributed by atoms with Crippen LogP contribution in [-0.4, -0.2) is 21.1 Å². The van der Waals surface area contributed by atoms with E-state index in [0.29, 0.717) is 14.5 Å². The highest BCUT2D eigenvalue weighted by Gasteiger charge is 2.71. The van der Waals surface area contributed by atoms with Gasteiger partial charge in [-0.2, -0.15) is 0 Å². The molecule has 0 unspecified atom stereocenters. The van der Waals surface area contributed by atoms with E-state index in [1.54, 1.807) is 36.4 Å². The van der Waals surface area contributed by atoms with Crippen molar-refractivity contribution in [1.82, 2.24) is 0 Å². The van der Waals surface area contributed by atoms with Gasteiger partial charge >= 0.3 is 0 Å². The highest BCUT2D eigenvalue weighted by molar-refractivity contribution is 9.10. The van der Waals surface area contributed by atoms with Crippen LogP contribution in [0, 0.1) is 0 Å². The van der Waals surface area contributed by atoms with E-state index in [9.17, 15) is 20.1 Å². The molecule has 0 heterocycles. The third-order valence-corrected chi connectivity index (χ3v) is 5.60. The molecule has 2 aliphatic carbocycles. The Morgan fingerprint density at radius 2 is 1.59 bits per heavy atom. The van der Waals surface area contributed by atoms with Crippen LogP contribution in [0.3, 0.4) is 0 Å². The number of hydrogen-bond donors (Lipinski definition) is 3. The lowest BCUT2D eigenvalue weighted by atomic mass is 9.82. The monoisotopic (exact) mass is 424 g/mol. The van der Waals surface area contributed by atoms with Crippen molar-refractivity contribution in [1.29, 1.82) is 0 Å². The summed E-state index contributed by atoms with van der Waals surface area (Å²) in [5, 5.41) is 32.9. The number of carbonyl (C=O) groups excluding carboxylic acids is 1. The molecule has 22 heavy (non-hydrogen) atoms. The maximum absolute atomic E-state index is 12.8. The highest BCUT2D eigenvalue weighted by atomic mass is 79.9. The molecule has 0 saturated carbocycles. The van der Waals surface area contributed by atoms with Gasteiger partial charge < -0.3 is 15.3 Å². The Balaban J connectivity index is 2.10. The van der Waals surface area contributed by atoms with Crippen molar-refractivity contribution in [2.45, 2.75) is 17.3 Å². The predicted octanol–water partition coefficient (Wildman–Crippen LogP) is 2.53. The Morgan fingerprint density at radius 1 is 0.955 bits per heavy atom. The van der Waals surface area contributed by atoms with E-state index in [0.717, 1.165) is 0 Å². The van der Waals surface area contributed by atoms with Gasteiger partial charge in [-0.3, -0.25) is 4.79 Å². The zero-order valence-corrected chi connectivity index (χ0v) is 14.2. The largest absolute Gasteiger partial charge is 0.385 e. The molecule has 4 nitrogen and oxygen atoms in total. The van der Waals surface area contributed by atoms with Crippen molar-refractivity contribution in [3.63, 3.8) is 0 Å². The summed E-state index contributed by atoms with van der Waals surface area (Å²) in [6.45, 7) is 0. The molecule has 2 aromatic carbocycles. The third kappa shape index (κ3) is 1.40. The van der Waals surface area contributed by atoms with Gasteiger partial charge in [-0.05, 0) is 29.8 Å². The fourth-order valence-corrected chi connectivity index (χ4v) is 4.30. The smallest absolute Gasteiger partial charge is 0.202 e. The van der Waals surface area contributed by atoms with Crippen LogP contribution in [0.25, 0.3) is 0 Å². The molecule has 6 heteroatoms. The average Bonchev–Trinajstić information content (AvgIpc) is 2.77. The maximum Gasteiger partial charge on any atom is 0.202 e. The molecule has 0 aromatic heterocycles. The molecule has 3 N–H and O–H groups in total. The van der Waals surface area contributed by atoms with Crippen LogP contribution in [0.15, 0.2) is 45.3 Å². The number of benzene rings is 2. The normalized spacial score (nSPS) is 31.9. The summed E-state index contributed by atoms with van der Waals surface area (Å²) in [7, 11) is 0. The van der Waals surface area contributed by atoms with Crippen LogP contribution in [-0.2, 0) is 11.2 Å². The lowest BCUT2D eigenvalue weighted by molar-refractivity contribution is -0.171. The van der Waals surface area contributed by atoms with Crippen molar-refractivity contribution >= 4 is 37.6 Å². The first-order chi connectivity index (χ1) is 10.3. The molecular formula is C16H10Br2O4. The van der Waals surface area contributed by atoms with Gasteiger partial charge in [-0.1, -0.05) is 44.0 Å². The van der Waals surface area contributed by atoms with Crippen molar-refractivity contribution in [3.05, 3.63) is 67.6 Å². The Hall–Kier alpha value is -1.05. The van der Waals surface area contributed by atoms with Gasteiger partial charge in [-0.25, -0.2) is 0 Å². The minimum atomic E-state index is -2.19. The Labute approximate surface area is 142 Å². The second-order valence-corrected chi connectivity index (χ2v) is 7.46. The zero-order chi connectivity index (χ0) is 15.9. The van der Waals surface area contributed by atoms with Crippen LogP contribution >= 0.6 is 31.9 Å². The predicted molar refractivity (Wildman–Crippen MR) is 85.4 cm³/mol. The lowest BCUT2D eigenvalue weighted by Crippen LogP contribution is -2.48. The number of fused-ring (bicyclic) bond motifs is 5. The summed E-state index contributed by atoms with van der Waals surface area (Å²) in [5.41, 5.74) is -3.23. The number of Topliss-reactive ketones (excluding diaryl/α,β-unsaturated/α-hetero) is 1. The number of halogens is 2. The number of carbonyl (C=O) groups is 1. The SMILES string of the molecule is O=C1c2cc(Br)ccc2[C@@]2(O)[C@H](O)c3ccc(Br)cc3[C@@]12O. The Kier molecular flexibility index (Phi) is 2.82. The molecular weight excluding hydrogens is 416 g/mol. The molecule has 2 aromatic rings. The first kappa shape index (κ1) is 14.5. The van der Waals surface area contributed by atoms with Gasteiger partial charge in [0.25, 0.3) is 0 Å². The molecule has 0 radical (unpaired) electrons. The van der Waals surface area contributed by atoms with E-state index >= 15 is 0 Å². The molecule has 3 atom stereocenters. The number of aliphatic hydroxyl groups excluding tert-OH is 1. The minimum absolute atomic E-state index is 0.212. The summed E-state index contributed by atoms with van der Waals surface area (Å²) < 4.78 is 1.32. The first-order valence-corrected chi connectivity index (χ1v) is 8.18. The van der Waals surface area contributed by atoms with Crippen LogP contribution < -0.4 is 0 Å². The van der Waals surface area contributed by atoms with Gasteiger partial charge in [0.15, 0.2) is 11.2 Å². The van der Waals surface area contributed by atoms with Gasteiger partial charge in [0.1, 0.15) is 6.10 Å². The summed E-state index contributed by atoms with van der Waals surface area (Å²) in [4.78, 5) is 12.8. The molecule has 0 bridgehead atoms. The standard InChI is InChI=1S/C16H10Br2O4/c17-7-2-4-11-10(5-7)14(20)16(22)12-6-8(18)1-3-9(12)13(19)15(11,16)21/h1-6,13,19,21-22H/t13-,15-,16-/m1/s1. The summed E-state index contributed by atoms with van der Waals surface area (Å²) in [5.74, 6) is -0.609. The van der Waals surface area contributed by atoms with Crippen LogP contribution in [0.2, 0.25) is 0 Å². The molecule has 0 aliphatic heterocycles. The molecule has 0 amide bonds. The summed E-state index contributed by atoms with van der Waals surface area (Å²) in [6, 6.07) is 9.64. The fraction of sp³-hybridized carbons (Fsp3) is 0.188. The van der Waals surface area contributed by atoms with E-state index in [1.807, 2.05) is 0 Å². The number of hydrogen-bond acceptors (Lipinski definition) is 4. The van der Waals surface area contributed by atoms with E-state index < -0.39 is 23.1 Å². The van der Waals surface area contributed by atoms with Gasteiger partial charge in [-0.15, -0.1) is 0 Å². The molecule has 0 fully saturated rings. The van der Waals surface area contributed by atoms with E-state index in [-0.39, 0.29) is 16.7 Å². The second-order valence-electron chi connectivity index (χ2n) is 5.63. The molecule has 2 aliphatic rings. The molecule has 0 saturated heterocycles.